The fraction of sp³-hybridized carbons (Fsp3) is 0.364. The Kier molecular flexibility index (Phi) is 5.53. The van der Waals surface area contributed by atoms with Crippen LogP contribution in [0.25, 0.3) is 0 Å². The van der Waals surface area contributed by atoms with Gasteiger partial charge in [0, 0.05) is 5.02 Å². The number of nitrogens with two attached hydrogens (primary N) is 1. The van der Waals surface area contributed by atoms with Crippen molar-refractivity contribution in [3.8, 4) is 0 Å². The molecule has 0 aliphatic heterocycles. The molecule has 1 aromatic rings. The number of hydrogen-bond acceptors (Lipinski definition) is 2. The number of anilines is 1. The first-order chi connectivity index (χ1) is 7.95. The normalized spacial score (nSPS) is 12.3. The van der Waals surface area contributed by atoms with Crippen LogP contribution in [-0.2, 0) is 4.79 Å². The zero-order valence-electron chi connectivity index (χ0n) is 9.27. The highest BCUT2D eigenvalue weighted by molar-refractivity contribution is 6.42. The molecular weight excluding hydrogens is 282 g/mol. The maximum atomic E-state index is 11.7. The molecule has 0 aliphatic carbocycles. The number of carbonyl (C=O) groups is 1. The lowest BCUT2D eigenvalue weighted by molar-refractivity contribution is -0.117. The van der Waals surface area contributed by atoms with Gasteiger partial charge in [-0.15, -0.1) is 0 Å². The summed E-state index contributed by atoms with van der Waals surface area (Å²) in [6, 6.07) is 2.45. The molecule has 17 heavy (non-hydrogen) atoms. The number of rotatable bonds is 4. The van der Waals surface area contributed by atoms with Gasteiger partial charge in [-0.2, -0.15) is 0 Å². The highest BCUT2D eigenvalue weighted by atomic mass is 35.5. The maximum absolute atomic E-state index is 11.7. The lowest BCUT2D eigenvalue weighted by atomic mass is 10.1. The first-order valence-electron chi connectivity index (χ1n) is 5.16. The minimum atomic E-state index is -0.567. The molecule has 0 aromatic heterocycles. The molecule has 0 radical (unpaired) electrons. The first-order valence-corrected chi connectivity index (χ1v) is 6.30. The van der Waals surface area contributed by atoms with E-state index in [0.717, 1.165) is 6.42 Å². The van der Waals surface area contributed by atoms with E-state index in [1.165, 1.54) is 12.1 Å². The molecule has 1 amide bonds. The second-order valence-electron chi connectivity index (χ2n) is 3.63. The Balaban J connectivity index is 2.85. The van der Waals surface area contributed by atoms with E-state index >= 15 is 0 Å². The fourth-order valence-electron chi connectivity index (χ4n) is 1.32. The molecule has 0 bridgehead atoms. The standard InChI is InChI=1S/C11H13Cl3N2O/c1-2-3-9(15)11(17)16-10-7(13)4-6(12)5-8(10)14/h4-5,9H,2-3,15H2,1H3,(H,16,17)/t9-/m1/s1. The quantitative estimate of drug-likeness (QED) is 0.889. The Labute approximate surface area is 115 Å². The van der Waals surface area contributed by atoms with Gasteiger partial charge < -0.3 is 11.1 Å². The molecule has 0 spiro atoms. The minimum Gasteiger partial charge on any atom is -0.322 e. The molecule has 0 unspecified atom stereocenters. The number of halogens is 3. The molecule has 3 nitrogen and oxygen atoms in total. The van der Waals surface area contributed by atoms with Gasteiger partial charge in [0.25, 0.3) is 0 Å². The van der Waals surface area contributed by atoms with Gasteiger partial charge in [-0.05, 0) is 18.6 Å². The molecule has 94 valence electrons. The summed E-state index contributed by atoms with van der Waals surface area (Å²) in [6.07, 6.45) is 1.44. The average Bonchev–Trinajstić information content (AvgIpc) is 2.23. The molecule has 0 aliphatic rings. The van der Waals surface area contributed by atoms with Gasteiger partial charge in [-0.1, -0.05) is 48.1 Å². The van der Waals surface area contributed by atoms with Crippen LogP contribution in [0.15, 0.2) is 12.1 Å². The molecule has 0 saturated carbocycles. The van der Waals surface area contributed by atoms with Gasteiger partial charge in [-0.25, -0.2) is 0 Å². The van der Waals surface area contributed by atoms with Crippen LogP contribution in [0.1, 0.15) is 19.8 Å². The van der Waals surface area contributed by atoms with Gasteiger partial charge in [0.1, 0.15) is 0 Å². The van der Waals surface area contributed by atoms with Gasteiger partial charge in [-0.3, -0.25) is 4.79 Å². The Hall–Kier alpha value is -0.480. The number of hydrogen-bond donors (Lipinski definition) is 2. The van der Waals surface area contributed by atoms with Crippen LogP contribution in [0, 0.1) is 0 Å². The largest absolute Gasteiger partial charge is 0.322 e. The van der Waals surface area contributed by atoms with E-state index in [1.807, 2.05) is 6.92 Å². The topological polar surface area (TPSA) is 55.1 Å². The summed E-state index contributed by atoms with van der Waals surface area (Å²) < 4.78 is 0. The van der Waals surface area contributed by atoms with Crippen LogP contribution < -0.4 is 11.1 Å². The molecule has 6 heteroatoms. The zero-order valence-corrected chi connectivity index (χ0v) is 11.5. The molecule has 0 saturated heterocycles. The summed E-state index contributed by atoms with van der Waals surface area (Å²) in [4.78, 5) is 11.7. The SMILES string of the molecule is CCC[C@@H](N)C(=O)Nc1c(Cl)cc(Cl)cc1Cl. The zero-order chi connectivity index (χ0) is 13.0. The van der Waals surface area contributed by atoms with Crippen LogP contribution >= 0.6 is 34.8 Å². The lowest BCUT2D eigenvalue weighted by Crippen LogP contribution is -2.35. The van der Waals surface area contributed by atoms with Gasteiger partial charge >= 0.3 is 0 Å². The summed E-state index contributed by atoms with van der Waals surface area (Å²) in [5.74, 6) is -0.307. The smallest absolute Gasteiger partial charge is 0.241 e. The van der Waals surface area contributed by atoms with Crippen molar-refractivity contribution in [2.24, 2.45) is 5.73 Å². The molecule has 3 N–H and O–H groups in total. The van der Waals surface area contributed by atoms with Crippen LogP contribution in [0.4, 0.5) is 5.69 Å². The third kappa shape index (κ3) is 4.03. The van der Waals surface area contributed by atoms with E-state index in [-0.39, 0.29) is 5.91 Å². The van der Waals surface area contributed by atoms with Gasteiger partial charge in [0.15, 0.2) is 0 Å². The number of benzene rings is 1. The first kappa shape index (κ1) is 14.6. The average molecular weight is 296 g/mol. The Morgan fingerprint density at radius 1 is 1.35 bits per heavy atom. The summed E-state index contributed by atoms with van der Waals surface area (Å²) >= 11 is 17.6. The van der Waals surface area contributed by atoms with Gasteiger partial charge in [0.05, 0.1) is 21.8 Å². The third-order valence-electron chi connectivity index (χ3n) is 2.19. The Bertz CT molecular complexity index is 400. The van der Waals surface area contributed by atoms with E-state index < -0.39 is 6.04 Å². The van der Waals surface area contributed by atoms with Crippen molar-refractivity contribution >= 4 is 46.4 Å². The predicted octanol–water partition coefficient (Wildman–Crippen LogP) is 3.71. The number of nitrogens with one attached hydrogen (secondary N) is 1. The van der Waals surface area contributed by atoms with E-state index in [1.54, 1.807) is 0 Å². The van der Waals surface area contributed by atoms with Crippen molar-refractivity contribution in [1.29, 1.82) is 0 Å². The molecule has 0 heterocycles. The molecule has 1 atom stereocenters. The van der Waals surface area contributed by atoms with E-state index in [4.69, 9.17) is 40.5 Å². The Morgan fingerprint density at radius 2 is 1.88 bits per heavy atom. The maximum Gasteiger partial charge on any atom is 0.241 e. The lowest BCUT2D eigenvalue weighted by Gasteiger charge is -2.13. The van der Waals surface area contributed by atoms with Crippen molar-refractivity contribution in [2.45, 2.75) is 25.8 Å². The fourth-order valence-corrected chi connectivity index (χ4v) is 2.23. The van der Waals surface area contributed by atoms with Crippen molar-refractivity contribution in [1.82, 2.24) is 0 Å². The Morgan fingerprint density at radius 3 is 2.35 bits per heavy atom. The molecule has 1 rings (SSSR count). The molecular formula is C11H13Cl3N2O. The number of carbonyl (C=O) groups excluding carboxylic acids is 1. The minimum absolute atomic E-state index is 0.291. The third-order valence-corrected chi connectivity index (χ3v) is 3.01. The number of amides is 1. The van der Waals surface area contributed by atoms with E-state index in [2.05, 4.69) is 5.32 Å². The summed E-state index contributed by atoms with van der Waals surface area (Å²) in [5, 5.41) is 3.60. The van der Waals surface area contributed by atoms with Crippen molar-refractivity contribution in [2.75, 3.05) is 5.32 Å². The summed E-state index contributed by atoms with van der Waals surface area (Å²) in [7, 11) is 0. The summed E-state index contributed by atoms with van der Waals surface area (Å²) in [6.45, 7) is 1.95. The van der Waals surface area contributed by atoms with Crippen LogP contribution in [0.3, 0.4) is 0 Å². The summed E-state index contributed by atoms with van der Waals surface area (Å²) in [5.41, 5.74) is 6.02. The van der Waals surface area contributed by atoms with Crippen LogP contribution in [0.5, 0.6) is 0 Å². The van der Waals surface area contributed by atoms with Crippen molar-refractivity contribution in [3.63, 3.8) is 0 Å². The van der Waals surface area contributed by atoms with E-state index in [0.29, 0.717) is 27.2 Å². The monoisotopic (exact) mass is 294 g/mol. The van der Waals surface area contributed by atoms with Crippen molar-refractivity contribution in [3.05, 3.63) is 27.2 Å². The highest BCUT2D eigenvalue weighted by Crippen LogP contribution is 2.33. The van der Waals surface area contributed by atoms with Crippen LogP contribution in [0.2, 0.25) is 15.1 Å². The molecule has 0 fully saturated rings. The van der Waals surface area contributed by atoms with Crippen molar-refractivity contribution < 1.29 is 4.79 Å². The second kappa shape index (κ2) is 6.45. The second-order valence-corrected chi connectivity index (χ2v) is 4.88. The van der Waals surface area contributed by atoms with Crippen LogP contribution in [-0.4, -0.2) is 11.9 Å². The molecule has 1 aromatic carbocycles. The van der Waals surface area contributed by atoms with E-state index in [9.17, 15) is 4.79 Å². The highest BCUT2D eigenvalue weighted by Gasteiger charge is 2.16. The predicted molar refractivity (Wildman–Crippen MR) is 73.0 cm³/mol. The van der Waals surface area contributed by atoms with Gasteiger partial charge in [0.2, 0.25) is 5.91 Å².